The molecule has 0 saturated heterocycles. The molecule has 0 aliphatic rings. The number of hydrogen-bond donors (Lipinski definition) is 2. The summed E-state index contributed by atoms with van der Waals surface area (Å²) in [5.74, 6) is -0.0873. The van der Waals surface area contributed by atoms with Gasteiger partial charge in [-0.15, -0.1) is 0 Å². The van der Waals surface area contributed by atoms with E-state index >= 15 is 0 Å². The van der Waals surface area contributed by atoms with Gasteiger partial charge in [0.05, 0.1) is 0 Å². The van der Waals surface area contributed by atoms with Crippen LogP contribution in [0.15, 0.2) is 78.9 Å². The Bertz CT molecular complexity index is 991. The van der Waals surface area contributed by atoms with E-state index in [1.54, 1.807) is 30.3 Å². The molecule has 0 aliphatic heterocycles. The highest BCUT2D eigenvalue weighted by Gasteiger charge is 2.21. The van der Waals surface area contributed by atoms with E-state index in [4.69, 9.17) is 4.74 Å². The molecule has 0 aliphatic carbocycles. The van der Waals surface area contributed by atoms with Gasteiger partial charge in [0.2, 0.25) is 0 Å². The molecule has 0 spiro atoms. The Balaban J connectivity index is 1.62. The van der Waals surface area contributed by atoms with Crippen LogP contribution < -0.4 is 15.4 Å². The molecule has 5 nitrogen and oxygen atoms in total. The Labute approximate surface area is 170 Å². The largest absolute Gasteiger partial charge is 0.457 e. The molecule has 29 heavy (non-hydrogen) atoms. The third-order valence-electron chi connectivity index (χ3n) is 4.28. The SMILES string of the molecule is CC(C)(C)c1ccccc1NC(=O)C(=O)Nc1ccc(Oc2ccccc2)cc1. The zero-order valence-corrected chi connectivity index (χ0v) is 16.7. The summed E-state index contributed by atoms with van der Waals surface area (Å²) < 4.78 is 5.72. The number of hydrogen-bond acceptors (Lipinski definition) is 3. The summed E-state index contributed by atoms with van der Waals surface area (Å²) in [5, 5.41) is 5.31. The zero-order chi connectivity index (χ0) is 20.9. The van der Waals surface area contributed by atoms with Crippen LogP contribution in [0, 0.1) is 0 Å². The third-order valence-corrected chi connectivity index (χ3v) is 4.28. The second-order valence-corrected chi connectivity index (χ2v) is 7.64. The highest BCUT2D eigenvalue weighted by molar-refractivity contribution is 6.43. The van der Waals surface area contributed by atoms with Crippen LogP contribution in [0.1, 0.15) is 26.3 Å². The van der Waals surface area contributed by atoms with Gasteiger partial charge in [0.15, 0.2) is 0 Å². The lowest BCUT2D eigenvalue weighted by Gasteiger charge is -2.22. The second kappa shape index (κ2) is 8.61. The Morgan fingerprint density at radius 3 is 1.90 bits per heavy atom. The molecule has 0 saturated carbocycles. The van der Waals surface area contributed by atoms with Crippen molar-refractivity contribution < 1.29 is 14.3 Å². The molecule has 3 rings (SSSR count). The lowest BCUT2D eigenvalue weighted by atomic mass is 9.86. The van der Waals surface area contributed by atoms with Crippen molar-refractivity contribution in [2.24, 2.45) is 0 Å². The number of para-hydroxylation sites is 2. The molecular formula is C24H24N2O3. The Kier molecular flexibility index (Phi) is 5.98. The smallest absolute Gasteiger partial charge is 0.314 e. The van der Waals surface area contributed by atoms with Crippen molar-refractivity contribution in [3.05, 3.63) is 84.4 Å². The fraction of sp³-hybridized carbons (Fsp3) is 0.167. The van der Waals surface area contributed by atoms with E-state index in [0.717, 1.165) is 11.3 Å². The van der Waals surface area contributed by atoms with E-state index in [-0.39, 0.29) is 5.41 Å². The molecule has 3 aromatic carbocycles. The minimum Gasteiger partial charge on any atom is -0.457 e. The van der Waals surface area contributed by atoms with Crippen LogP contribution in [-0.4, -0.2) is 11.8 Å². The monoisotopic (exact) mass is 388 g/mol. The van der Waals surface area contributed by atoms with Gasteiger partial charge in [0.1, 0.15) is 11.5 Å². The van der Waals surface area contributed by atoms with Crippen LogP contribution in [-0.2, 0) is 15.0 Å². The summed E-state index contributed by atoms with van der Waals surface area (Å²) in [7, 11) is 0. The number of benzene rings is 3. The van der Waals surface area contributed by atoms with Crippen LogP contribution in [0.3, 0.4) is 0 Å². The highest BCUT2D eigenvalue weighted by atomic mass is 16.5. The lowest BCUT2D eigenvalue weighted by molar-refractivity contribution is -0.133. The van der Waals surface area contributed by atoms with Gasteiger partial charge in [0.25, 0.3) is 0 Å². The van der Waals surface area contributed by atoms with Crippen molar-refractivity contribution >= 4 is 23.2 Å². The maximum atomic E-state index is 12.4. The molecule has 2 N–H and O–H groups in total. The minimum atomic E-state index is -0.731. The first-order valence-electron chi connectivity index (χ1n) is 9.38. The van der Waals surface area contributed by atoms with Crippen LogP contribution in [0.4, 0.5) is 11.4 Å². The molecule has 0 aromatic heterocycles. The molecule has 5 heteroatoms. The number of anilines is 2. The van der Waals surface area contributed by atoms with E-state index < -0.39 is 11.8 Å². The molecule has 0 radical (unpaired) electrons. The summed E-state index contributed by atoms with van der Waals surface area (Å²) in [6.07, 6.45) is 0. The van der Waals surface area contributed by atoms with E-state index in [9.17, 15) is 9.59 Å². The fourth-order valence-corrected chi connectivity index (χ4v) is 2.84. The van der Waals surface area contributed by atoms with Gasteiger partial charge >= 0.3 is 11.8 Å². The Morgan fingerprint density at radius 1 is 0.690 bits per heavy atom. The second-order valence-electron chi connectivity index (χ2n) is 7.64. The van der Waals surface area contributed by atoms with Crippen molar-refractivity contribution in [1.82, 2.24) is 0 Å². The van der Waals surface area contributed by atoms with Gasteiger partial charge in [-0.1, -0.05) is 57.2 Å². The van der Waals surface area contributed by atoms with Crippen molar-refractivity contribution in [2.45, 2.75) is 26.2 Å². The molecule has 3 aromatic rings. The molecule has 2 amide bonds. The molecular weight excluding hydrogens is 364 g/mol. The Morgan fingerprint density at radius 2 is 1.24 bits per heavy atom. The van der Waals surface area contributed by atoms with Crippen molar-refractivity contribution in [3.8, 4) is 11.5 Å². The van der Waals surface area contributed by atoms with Crippen molar-refractivity contribution in [3.63, 3.8) is 0 Å². The lowest BCUT2D eigenvalue weighted by Crippen LogP contribution is -2.30. The summed E-state index contributed by atoms with van der Waals surface area (Å²) in [4.78, 5) is 24.7. The Hall–Kier alpha value is -3.60. The van der Waals surface area contributed by atoms with Gasteiger partial charge in [-0.05, 0) is 53.4 Å². The highest BCUT2D eigenvalue weighted by Crippen LogP contribution is 2.29. The summed E-state index contributed by atoms with van der Waals surface area (Å²) in [6, 6.07) is 23.7. The minimum absolute atomic E-state index is 0.158. The zero-order valence-electron chi connectivity index (χ0n) is 16.7. The van der Waals surface area contributed by atoms with Crippen molar-refractivity contribution in [2.75, 3.05) is 10.6 Å². The topological polar surface area (TPSA) is 67.4 Å². The van der Waals surface area contributed by atoms with Gasteiger partial charge in [-0.3, -0.25) is 9.59 Å². The number of rotatable bonds is 4. The predicted molar refractivity (Wildman–Crippen MR) is 115 cm³/mol. The number of carbonyl (C=O) groups excluding carboxylic acids is 2. The molecule has 0 bridgehead atoms. The van der Waals surface area contributed by atoms with Gasteiger partial charge < -0.3 is 15.4 Å². The maximum absolute atomic E-state index is 12.4. The van der Waals surface area contributed by atoms with Crippen LogP contribution in [0.25, 0.3) is 0 Å². The van der Waals surface area contributed by atoms with Gasteiger partial charge in [-0.2, -0.15) is 0 Å². The molecule has 0 fully saturated rings. The molecule has 0 atom stereocenters. The molecule has 0 unspecified atom stereocenters. The molecule has 0 heterocycles. The molecule has 148 valence electrons. The predicted octanol–water partition coefficient (Wildman–Crippen LogP) is 5.35. The third kappa shape index (κ3) is 5.45. The van der Waals surface area contributed by atoms with Crippen LogP contribution >= 0.6 is 0 Å². The van der Waals surface area contributed by atoms with E-state index in [2.05, 4.69) is 31.4 Å². The van der Waals surface area contributed by atoms with Crippen LogP contribution in [0.2, 0.25) is 0 Å². The first-order valence-corrected chi connectivity index (χ1v) is 9.38. The van der Waals surface area contributed by atoms with E-state index in [1.807, 2.05) is 48.5 Å². The first-order chi connectivity index (χ1) is 13.8. The summed E-state index contributed by atoms with van der Waals surface area (Å²) in [6.45, 7) is 6.16. The van der Waals surface area contributed by atoms with E-state index in [1.165, 1.54) is 0 Å². The first kappa shape index (κ1) is 20.1. The number of carbonyl (C=O) groups is 2. The van der Waals surface area contributed by atoms with E-state index in [0.29, 0.717) is 17.1 Å². The standard InChI is InChI=1S/C24H24N2O3/c1-24(2,3)20-11-7-8-12-21(20)26-23(28)22(27)25-17-13-15-19(16-14-17)29-18-9-5-4-6-10-18/h4-16H,1-3H3,(H,25,27)(H,26,28). The normalized spacial score (nSPS) is 10.9. The summed E-state index contributed by atoms with van der Waals surface area (Å²) >= 11 is 0. The number of nitrogens with one attached hydrogen (secondary N) is 2. The fourth-order valence-electron chi connectivity index (χ4n) is 2.84. The van der Waals surface area contributed by atoms with Crippen molar-refractivity contribution in [1.29, 1.82) is 0 Å². The van der Waals surface area contributed by atoms with Gasteiger partial charge in [0, 0.05) is 11.4 Å². The maximum Gasteiger partial charge on any atom is 0.314 e. The number of amides is 2. The van der Waals surface area contributed by atoms with Crippen LogP contribution in [0.5, 0.6) is 11.5 Å². The average Bonchev–Trinajstić information content (AvgIpc) is 2.70. The summed E-state index contributed by atoms with van der Waals surface area (Å²) in [5.41, 5.74) is 1.94. The quantitative estimate of drug-likeness (QED) is 0.592. The number of ether oxygens (including phenoxy) is 1. The average molecular weight is 388 g/mol. The van der Waals surface area contributed by atoms with Gasteiger partial charge in [-0.25, -0.2) is 0 Å².